The Morgan fingerprint density at radius 2 is 2.20 bits per heavy atom. The molecule has 0 saturated heterocycles. The highest BCUT2D eigenvalue weighted by molar-refractivity contribution is 9.10. The van der Waals surface area contributed by atoms with E-state index < -0.39 is 5.97 Å². The summed E-state index contributed by atoms with van der Waals surface area (Å²) in [4.78, 5) is 10.9. The summed E-state index contributed by atoms with van der Waals surface area (Å²) >= 11 is 3.30. The number of nitrogens with zero attached hydrogens (tertiary/aromatic N) is 1. The first kappa shape index (κ1) is 14.5. The summed E-state index contributed by atoms with van der Waals surface area (Å²) in [5, 5.41) is 12.8. The van der Waals surface area contributed by atoms with Crippen molar-refractivity contribution < 1.29 is 23.9 Å². The fourth-order valence-electron chi connectivity index (χ4n) is 1.53. The Morgan fingerprint density at radius 1 is 1.40 bits per heavy atom. The number of carboxylic acids is 1. The van der Waals surface area contributed by atoms with Gasteiger partial charge >= 0.3 is 5.97 Å². The third kappa shape index (κ3) is 3.58. The Hall–Kier alpha value is -1.86. The van der Waals surface area contributed by atoms with Crippen LogP contribution < -0.4 is 4.74 Å². The highest BCUT2D eigenvalue weighted by Gasteiger charge is 2.10. The molecule has 0 aliphatic carbocycles. The summed E-state index contributed by atoms with van der Waals surface area (Å²) in [6.45, 7) is 0.514. The van der Waals surface area contributed by atoms with Crippen molar-refractivity contribution in [2.24, 2.45) is 0 Å². The summed E-state index contributed by atoms with van der Waals surface area (Å²) < 4.78 is 16.1. The minimum atomic E-state index is -1.01. The van der Waals surface area contributed by atoms with Crippen molar-refractivity contribution in [3.05, 3.63) is 45.8 Å². The maximum atomic E-state index is 10.9. The molecule has 0 saturated carbocycles. The number of hydrogen-bond donors (Lipinski definition) is 1. The van der Waals surface area contributed by atoms with Crippen LogP contribution in [0.3, 0.4) is 0 Å². The number of rotatable bonds is 6. The molecule has 7 heteroatoms. The van der Waals surface area contributed by atoms with Crippen LogP contribution in [0.2, 0.25) is 0 Å². The van der Waals surface area contributed by atoms with E-state index in [9.17, 15) is 4.79 Å². The second-order valence-corrected chi connectivity index (χ2v) is 4.81. The van der Waals surface area contributed by atoms with E-state index in [2.05, 4.69) is 21.1 Å². The quantitative estimate of drug-likeness (QED) is 0.869. The Bertz CT molecular complexity index is 611. The topological polar surface area (TPSA) is 81.8 Å². The van der Waals surface area contributed by atoms with Gasteiger partial charge in [0, 0.05) is 13.2 Å². The molecule has 2 rings (SSSR count). The van der Waals surface area contributed by atoms with Crippen LogP contribution in [0, 0.1) is 0 Å². The highest BCUT2D eigenvalue weighted by Crippen LogP contribution is 2.27. The smallest absolute Gasteiger partial charge is 0.335 e. The Morgan fingerprint density at radius 3 is 2.90 bits per heavy atom. The van der Waals surface area contributed by atoms with Crippen molar-refractivity contribution in [3.63, 3.8) is 0 Å². The zero-order chi connectivity index (χ0) is 14.5. The minimum absolute atomic E-state index is 0.156. The lowest BCUT2D eigenvalue weighted by Gasteiger charge is -2.07. The first-order chi connectivity index (χ1) is 9.60. The normalized spacial score (nSPS) is 10.5. The number of carbonyl (C=O) groups is 1. The molecule has 1 heterocycles. The van der Waals surface area contributed by atoms with Gasteiger partial charge in [0.2, 0.25) is 0 Å². The minimum Gasteiger partial charge on any atom is -0.486 e. The van der Waals surface area contributed by atoms with E-state index in [1.807, 2.05) is 0 Å². The van der Waals surface area contributed by atoms with Gasteiger partial charge < -0.3 is 19.1 Å². The number of ether oxygens (including phenoxy) is 2. The molecule has 1 aromatic carbocycles. The monoisotopic (exact) mass is 341 g/mol. The fraction of sp³-hybridized carbons (Fsp3) is 0.231. The molecule has 0 spiro atoms. The van der Waals surface area contributed by atoms with Gasteiger partial charge in [-0.1, -0.05) is 5.16 Å². The summed E-state index contributed by atoms with van der Waals surface area (Å²) in [6.07, 6.45) is 0. The van der Waals surface area contributed by atoms with Crippen LogP contribution in [-0.4, -0.2) is 23.3 Å². The molecule has 0 aliphatic heterocycles. The molecule has 20 heavy (non-hydrogen) atoms. The second kappa shape index (κ2) is 6.53. The first-order valence-electron chi connectivity index (χ1n) is 5.69. The van der Waals surface area contributed by atoms with Crippen molar-refractivity contribution in [3.8, 4) is 5.75 Å². The van der Waals surface area contributed by atoms with E-state index in [4.69, 9.17) is 19.1 Å². The van der Waals surface area contributed by atoms with Gasteiger partial charge in [0.15, 0.2) is 5.76 Å². The van der Waals surface area contributed by atoms with Crippen molar-refractivity contribution in [2.75, 3.05) is 7.11 Å². The molecule has 0 radical (unpaired) electrons. The summed E-state index contributed by atoms with van der Waals surface area (Å²) in [7, 11) is 1.56. The largest absolute Gasteiger partial charge is 0.486 e. The number of methoxy groups -OCH3 is 1. The summed E-state index contributed by atoms with van der Waals surface area (Å²) in [5.41, 5.74) is 0.758. The van der Waals surface area contributed by atoms with E-state index in [1.54, 1.807) is 19.2 Å². The molecule has 0 unspecified atom stereocenters. The van der Waals surface area contributed by atoms with Gasteiger partial charge in [-0.25, -0.2) is 4.79 Å². The summed E-state index contributed by atoms with van der Waals surface area (Å²) in [6, 6.07) is 6.28. The molecule has 0 amide bonds. The van der Waals surface area contributed by atoms with Gasteiger partial charge in [0.25, 0.3) is 0 Å². The van der Waals surface area contributed by atoms with E-state index in [0.717, 1.165) is 0 Å². The molecule has 0 fully saturated rings. The Kier molecular flexibility index (Phi) is 4.75. The molecular formula is C13H12BrNO5. The average Bonchev–Trinajstić information content (AvgIpc) is 2.86. The van der Waals surface area contributed by atoms with E-state index in [1.165, 1.54) is 12.1 Å². The average molecular weight is 342 g/mol. The highest BCUT2D eigenvalue weighted by atomic mass is 79.9. The van der Waals surface area contributed by atoms with E-state index >= 15 is 0 Å². The molecule has 2 aromatic rings. The number of halogens is 1. The molecule has 6 nitrogen and oxygen atoms in total. The van der Waals surface area contributed by atoms with Crippen LogP contribution in [-0.2, 0) is 18.0 Å². The van der Waals surface area contributed by atoms with E-state index in [-0.39, 0.29) is 12.2 Å². The predicted octanol–water partition coefficient (Wildman–Crippen LogP) is 2.86. The number of carboxylic acid groups (broad SMARTS) is 1. The lowest BCUT2D eigenvalue weighted by molar-refractivity contribution is 0.0696. The number of aromatic nitrogens is 1. The fourth-order valence-corrected chi connectivity index (χ4v) is 1.89. The van der Waals surface area contributed by atoms with Crippen molar-refractivity contribution in [1.29, 1.82) is 0 Å². The lowest BCUT2D eigenvalue weighted by atomic mass is 10.2. The molecule has 1 aromatic heterocycles. The predicted molar refractivity (Wildman–Crippen MR) is 72.6 cm³/mol. The van der Waals surface area contributed by atoms with Crippen LogP contribution in [0.5, 0.6) is 5.75 Å². The van der Waals surface area contributed by atoms with Gasteiger partial charge in [0.05, 0.1) is 10.0 Å². The molecular weight excluding hydrogens is 330 g/mol. The summed E-state index contributed by atoms with van der Waals surface area (Å²) in [5.74, 6) is 0.0248. The maximum absolute atomic E-state index is 10.9. The number of aromatic carboxylic acids is 1. The SMILES string of the molecule is COCc1cc(COc2cc(C(=O)O)ccc2Br)no1. The van der Waals surface area contributed by atoms with Crippen LogP contribution in [0.15, 0.2) is 33.3 Å². The molecule has 106 valence electrons. The number of benzene rings is 1. The van der Waals surface area contributed by atoms with Crippen LogP contribution >= 0.6 is 15.9 Å². The van der Waals surface area contributed by atoms with Crippen molar-refractivity contribution in [2.45, 2.75) is 13.2 Å². The Balaban J connectivity index is 2.05. The Labute approximate surface area is 123 Å². The molecule has 0 atom stereocenters. The van der Waals surface area contributed by atoms with E-state index in [0.29, 0.717) is 28.3 Å². The van der Waals surface area contributed by atoms with Crippen LogP contribution in [0.1, 0.15) is 21.8 Å². The molecule has 1 N–H and O–H groups in total. The first-order valence-corrected chi connectivity index (χ1v) is 6.48. The second-order valence-electron chi connectivity index (χ2n) is 3.96. The molecule has 0 bridgehead atoms. The van der Waals surface area contributed by atoms with Gasteiger partial charge in [-0.3, -0.25) is 0 Å². The lowest BCUT2D eigenvalue weighted by Crippen LogP contribution is -2.00. The third-order valence-electron chi connectivity index (χ3n) is 2.45. The maximum Gasteiger partial charge on any atom is 0.335 e. The zero-order valence-corrected chi connectivity index (χ0v) is 12.2. The van der Waals surface area contributed by atoms with Crippen molar-refractivity contribution >= 4 is 21.9 Å². The standard InChI is InChI=1S/C13H12BrNO5/c1-18-7-10-5-9(15-20-10)6-19-12-4-8(13(16)17)2-3-11(12)14/h2-5H,6-7H2,1H3,(H,16,17). The van der Waals surface area contributed by atoms with Crippen LogP contribution in [0.4, 0.5) is 0 Å². The van der Waals surface area contributed by atoms with Gasteiger partial charge in [-0.2, -0.15) is 0 Å². The van der Waals surface area contributed by atoms with Gasteiger partial charge in [-0.15, -0.1) is 0 Å². The van der Waals surface area contributed by atoms with Gasteiger partial charge in [0.1, 0.15) is 24.7 Å². The van der Waals surface area contributed by atoms with Crippen LogP contribution in [0.25, 0.3) is 0 Å². The molecule has 0 aliphatic rings. The van der Waals surface area contributed by atoms with Gasteiger partial charge in [-0.05, 0) is 34.1 Å². The third-order valence-corrected chi connectivity index (χ3v) is 3.10. The zero-order valence-electron chi connectivity index (χ0n) is 10.6. The number of hydrogen-bond acceptors (Lipinski definition) is 5. The van der Waals surface area contributed by atoms with Crippen molar-refractivity contribution in [1.82, 2.24) is 5.16 Å².